The van der Waals surface area contributed by atoms with Crippen LogP contribution in [0.5, 0.6) is 0 Å². The van der Waals surface area contributed by atoms with Crippen LogP contribution in [0.4, 0.5) is 5.82 Å². The molecule has 1 aliphatic rings. The lowest BCUT2D eigenvalue weighted by Crippen LogP contribution is -2.43. The van der Waals surface area contributed by atoms with E-state index in [-0.39, 0.29) is 12.0 Å². The molecule has 1 fully saturated rings. The van der Waals surface area contributed by atoms with E-state index >= 15 is 0 Å². The molecule has 0 amide bonds. The number of anilines is 1. The largest absolute Gasteiger partial charge is 0.481 e. The Morgan fingerprint density at radius 1 is 1.56 bits per heavy atom. The Bertz CT molecular complexity index is 436. The Hall–Kier alpha value is -1.65. The fraction of sp³-hybridized carbons (Fsp3) is 0.615. The summed E-state index contributed by atoms with van der Waals surface area (Å²) in [4.78, 5) is 21.7. The van der Waals surface area contributed by atoms with E-state index in [0.29, 0.717) is 12.8 Å². The molecule has 1 saturated heterocycles. The molecule has 0 aliphatic carbocycles. The molecule has 1 aliphatic heterocycles. The third-order valence-electron chi connectivity index (χ3n) is 3.59. The highest BCUT2D eigenvalue weighted by Gasteiger charge is 2.30. The molecule has 2 rings (SSSR count). The molecule has 2 unspecified atom stereocenters. The maximum absolute atomic E-state index is 11.0. The van der Waals surface area contributed by atoms with Crippen LogP contribution in [-0.4, -0.2) is 33.6 Å². The maximum Gasteiger partial charge on any atom is 0.306 e. The summed E-state index contributed by atoms with van der Waals surface area (Å²) in [7, 11) is 0. The van der Waals surface area contributed by atoms with Gasteiger partial charge in [-0.15, -0.1) is 0 Å². The molecule has 2 atom stereocenters. The number of aliphatic carboxylic acids is 1. The summed E-state index contributed by atoms with van der Waals surface area (Å²) in [6, 6.07) is 2.21. The predicted octanol–water partition coefficient (Wildman–Crippen LogP) is 1.73. The Balaban J connectivity index is 2.12. The van der Waals surface area contributed by atoms with Gasteiger partial charge in [0.05, 0.1) is 5.92 Å². The molecule has 0 bridgehead atoms. The zero-order valence-corrected chi connectivity index (χ0v) is 10.8. The Morgan fingerprint density at radius 2 is 2.33 bits per heavy atom. The normalized spacial score (nSPS) is 24.0. The van der Waals surface area contributed by atoms with E-state index in [2.05, 4.69) is 28.7 Å². The van der Waals surface area contributed by atoms with Gasteiger partial charge in [-0.3, -0.25) is 4.79 Å². The number of hydrogen-bond donors (Lipinski definition) is 1. The van der Waals surface area contributed by atoms with Crippen LogP contribution < -0.4 is 4.90 Å². The van der Waals surface area contributed by atoms with Gasteiger partial charge in [-0.1, -0.05) is 6.92 Å². The predicted molar refractivity (Wildman–Crippen MR) is 68.6 cm³/mol. The number of rotatable bonds is 3. The molecular formula is C13H19N3O2. The van der Waals surface area contributed by atoms with E-state index in [9.17, 15) is 4.79 Å². The molecule has 2 heterocycles. The molecule has 1 N–H and O–H groups in total. The number of piperidine rings is 1. The van der Waals surface area contributed by atoms with Crippen LogP contribution in [0, 0.1) is 5.92 Å². The van der Waals surface area contributed by atoms with E-state index in [0.717, 1.165) is 24.5 Å². The lowest BCUT2D eigenvalue weighted by atomic mass is 9.92. The van der Waals surface area contributed by atoms with Crippen LogP contribution in [0.15, 0.2) is 12.4 Å². The van der Waals surface area contributed by atoms with E-state index in [1.807, 2.05) is 6.07 Å². The van der Waals surface area contributed by atoms with Crippen LogP contribution in [0.25, 0.3) is 0 Å². The van der Waals surface area contributed by atoms with E-state index in [4.69, 9.17) is 5.11 Å². The second kappa shape index (κ2) is 5.33. The minimum atomic E-state index is -0.682. The van der Waals surface area contributed by atoms with Gasteiger partial charge in [0.25, 0.3) is 0 Å². The van der Waals surface area contributed by atoms with Crippen molar-refractivity contribution in [3.8, 4) is 0 Å². The van der Waals surface area contributed by atoms with Crippen molar-refractivity contribution in [2.24, 2.45) is 5.92 Å². The van der Waals surface area contributed by atoms with E-state index < -0.39 is 5.97 Å². The molecule has 5 heteroatoms. The summed E-state index contributed by atoms with van der Waals surface area (Å²) in [6.45, 7) is 4.87. The number of aryl methyl sites for hydroxylation is 1. The van der Waals surface area contributed by atoms with Gasteiger partial charge in [-0.2, -0.15) is 0 Å². The number of carboxylic acid groups (broad SMARTS) is 1. The van der Waals surface area contributed by atoms with Crippen molar-refractivity contribution in [3.05, 3.63) is 18.1 Å². The molecule has 0 saturated carbocycles. The SMILES string of the molecule is CCc1cc(N2CCC(C(=O)O)CC2C)ncn1. The molecule has 0 aromatic carbocycles. The van der Waals surface area contributed by atoms with Gasteiger partial charge in [-0.05, 0) is 26.2 Å². The maximum atomic E-state index is 11.0. The highest BCUT2D eigenvalue weighted by atomic mass is 16.4. The van der Waals surface area contributed by atoms with Crippen molar-refractivity contribution in [2.75, 3.05) is 11.4 Å². The molecule has 1 aromatic rings. The third kappa shape index (κ3) is 2.60. The minimum absolute atomic E-state index is 0.208. The van der Waals surface area contributed by atoms with Crippen LogP contribution in [0.1, 0.15) is 32.4 Å². The second-order valence-electron chi connectivity index (χ2n) is 4.82. The Labute approximate surface area is 107 Å². The smallest absolute Gasteiger partial charge is 0.306 e. The summed E-state index contributed by atoms with van der Waals surface area (Å²) < 4.78 is 0. The van der Waals surface area contributed by atoms with Crippen LogP contribution in [0.3, 0.4) is 0 Å². The van der Waals surface area contributed by atoms with Gasteiger partial charge < -0.3 is 10.0 Å². The molecule has 5 nitrogen and oxygen atoms in total. The number of hydrogen-bond acceptors (Lipinski definition) is 4. The fourth-order valence-corrected chi connectivity index (χ4v) is 2.47. The van der Waals surface area contributed by atoms with Gasteiger partial charge >= 0.3 is 5.97 Å². The van der Waals surface area contributed by atoms with Gasteiger partial charge in [0.15, 0.2) is 0 Å². The fourth-order valence-electron chi connectivity index (χ4n) is 2.47. The summed E-state index contributed by atoms with van der Waals surface area (Å²) in [5.74, 6) is 0.0142. The first-order valence-corrected chi connectivity index (χ1v) is 6.42. The third-order valence-corrected chi connectivity index (χ3v) is 3.59. The molecule has 1 aromatic heterocycles. The lowest BCUT2D eigenvalue weighted by molar-refractivity contribution is -0.142. The standard InChI is InChI=1S/C13H19N3O2/c1-3-11-7-12(15-8-14-11)16-5-4-10(13(17)18)6-9(16)2/h7-10H,3-6H2,1-2H3,(H,17,18). The molecule has 98 valence electrons. The molecule has 18 heavy (non-hydrogen) atoms. The van der Waals surface area contributed by atoms with Crippen molar-refractivity contribution in [1.82, 2.24) is 9.97 Å². The van der Waals surface area contributed by atoms with E-state index in [1.165, 1.54) is 0 Å². The van der Waals surface area contributed by atoms with Gasteiger partial charge in [0.2, 0.25) is 0 Å². The van der Waals surface area contributed by atoms with Crippen molar-refractivity contribution in [2.45, 2.75) is 39.2 Å². The van der Waals surface area contributed by atoms with Crippen molar-refractivity contribution >= 4 is 11.8 Å². The number of aromatic nitrogens is 2. The lowest BCUT2D eigenvalue weighted by Gasteiger charge is -2.37. The summed E-state index contributed by atoms with van der Waals surface area (Å²) in [6.07, 6.45) is 3.84. The number of carbonyl (C=O) groups is 1. The molecule has 0 spiro atoms. The topological polar surface area (TPSA) is 66.3 Å². The van der Waals surface area contributed by atoms with Crippen molar-refractivity contribution < 1.29 is 9.90 Å². The first-order chi connectivity index (χ1) is 8.61. The minimum Gasteiger partial charge on any atom is -0.481 e. The summed E-state index contributed by atoms with van der Waals surface area (Å²) in [5.41, 5.74) is 1.02. The number of carboxylic acids is 1. The van der Waals surface area contributed by atoms with Gasteiger partial charge in [-0.25, -0.2) is 9.97 Å². The molecular weight excluding hydrogens is 230 g/mol. The van der Waals surface area contributed by atoms with Crippen molar-refractivity contribution in [1.29, 1.82) is 0 Å². The van der Waals surface area contributed by atoms with Crippen LogP contribution in [-0.2, 0) is 11.2 Å². The van der Waals surface area contributed by atoms with Crippen LogP contribution in [0.2, 0.25) is 0 Å². The average molecular weight is 249 g/mol. The van der Waals surface area contributed by atoms with Crippen LogP contribution >= 0.6 is 0 Å². The Kier molecular flexibility index (Phi) is 3.79. The quantitative estimate of drug-likeness (QED) is 0.883. The van der Waals surface area contributed by atoms with Gasteiger partial charge in [0, 0.05) is 24.3 Å². The molecule has 0 radical (unpaired) electrons. The first kappa shape index (κ1) is 12.8. The summed E-state index contributed by atoms with van der Waals surface area (Å²) >= 11 is 0. The van der Waals surface area contributed by atoms with E-state index in [1.54, 1.807) is 6.33 Å². The average Bonchev–Trinajstić information content (AvgIpc) is 2.38. The first-order valence-electron chi connectivity index (χ1n) is 6.42. The van der Waals surface area contributed by atoms with Crippen molar-refractivity contribution in [3.63, 3.8) is 0 Å². The Morgan fingerprint density at radius 3 is 2.94 bits per heavy atom. The zero-order valence-electron chi connectivity index (χ0n) is 10.8. The number of nitrogens with zero attached hydrogens (tertiary/aromatic N) is 3. The second-order valence-corrected chi connectivity index (χ2v) is 4.82. The summed E-state index contributed by atoms with van der Waals surface area (Å²) in [5, 5.41) is 9.05. The highest BCUT2D eigenvalue weighted by Crippen LogP contribution is 2.27. The monoisotopic (exact) mass is 249 g/mol. The van der Waals surface area contributed by atoms with Gasteiger partial charge in [0.1, 0.15) is 12.1 Å². The highest BCUT2D eigenvalue weighted by molar-refractivity contribution is 5.70. The zero-order chi connectivity index (χ0) is 13.1.